The van der Waals surface area contributed by atoms with E-state index in [0.29, 0.717) is 6.42 Å². The highest BCUT2D eigenvalue weighted by molar-refractivity contribution is 5.70. The minimum atomic E-state index is -0.795. The van der Waals surface area contributed by atoms with Crippen LogP contribution in [-0.2, 0) is 14.6 Å². The summed E-state index contributed by atoms with van der Waals surface area (Å²) in [6.07, 6.45) is 2.23. The fourth-order valence-corrected chi connectivity index (χ4v) is 0.298. The molecule has 9 heavy (non-hydrogen) atoms. The quantitative estimate of drug-likeness (QED) is 0.316. The highest BCUT2D eigenvalue weighted by Gasteiger charge is 1.96. The topological polar surface area (TPSA) is 46.2 Å². The van der Waals surface area contributed by atoms with E-state index in [9.17, 15) is 9.90 Å². The van der Waals surface area contributed by atoms with Crippen molar-refractivity contribution in [2.24, 2.45) is 0 Å². The van der Waals surface area contributed by atoms with Crippen LogP contribution in [-0.4, -0.2) is 19.2 Å². The van der Waals surface area contributed by atoms with Gasteiger partial charge < -0.3 is 4.74 Å². The van der Waals surface area contributed by atoms with Crippen LogP contribution in [0.4, 0.5) is 0 Å². The van der Waals surface area contributed by atoms with Gasteiger partial charge in [0, 0.05) is 0 Å². The van der Waals surface area contributed by atoms with Gasteiger partial charge in [-0.1, -0.05) is 6.08 Å². The summed E-state index contributed by atoms with van der Waals surface area (Å²) >= 11 is 0. The van der Waals surface area contributed by atoms with E-state index < -0.39 is 12.6 Å². The minimum absolute atomic E-state index is 0.268. The van der Waals surface area contributed by atoms with Crippen molar-refractivity contribution in [2.75, 3.05) is 13.2 Å². The summed E-state index contributed by atoms with van der Waals surface area (Å²) in [5.41, 5.74) is 0. The zero-order valence-electron chi connectivity index (χ0n) is 5.13. The van der Waals surface area contributed by atoms with E-state index in [2.05, 4.69) is 11.3 Å². The number of carbonyl (C=O) groups excluding carboxylic acids is 1. The predicted octanol–water partition coefficient (Wildman–Crippen LogP) is 0.536. The van der Waals surface area contributed by atoms with Crippen molar-refractivity contribution in [3.8, 4) is 0 Å². The summed E-state index contributed by atoms with van der Waals surface area (Å²) in [6.45, 7) is 2.89. The first-order valence-corrected chi connectivity index (χ1v) is 2.66. The van der Waals surface area contributed by atoms with Gasteiger partial charge in [0.2, 0.25) is 0 Å². The van der Waals surface area contributed by atoms with Crippen molar-refractivity contribution in [3.63, 3.8) is 0 Å². The van der Waals surface area contributed by atoms with Gasteiger partial charge in [-0.25, -0.2) is 9.90 Å². The van der Waals surface area contributed by atoms with Crippen molar-refractivity contribution in [2.45, 2.75) is 6.42 Å². The van der Waals surface area contributed by atoms with E-state index in [1.165, 1.54) is 0 Å². The molecule has 0 saturated heterocycles. The van der Waals surface area contributed by atoms with Crippen LogP contribution in [0.1, 0.15) is 6.42 Å². The molecule has 0 aliphatic rings. The number of rotatable bonds is 4. The average Bonchev–Trinajstić information content (AvgIpc) is 1.89. The molecule has 0 aliphatic heterocycles. The van der Waals surface area contributed by atoms with Gasteiger partial charge in [-0.15, -0.1) is 6.58 Å². The van der Waals surface area contributed by atoms with E-state index in [1.54, 1.807) is 6.08 Å². The van der Waals surface area contributed by atoms with Gasteiger partial charge in [0.1, 0.15) is 0 Å². The molecule has 0 aromatic rings. The first kappa shape index (κ1) is 8.17. The number of carbonyl (C=O) groups is 1. The third-order valence-corrected chi connectivity index (χ3v) is 0.703. The van der Waals surface area contributed by atoms with Gasteiger partial charge in [-0.2, -0.15) is 0 Å². The van der Waals surface area contributed by atoms with Crippen LogP contribution >= 0.6 is 0 Å². The maximum absolute atomic E-state index is 10.1. The Morgan fingerprint density at radius 2 is 2.33 bits per heavy atom. The molecule has 0 rings (SSSR count). The Morgan fingerprint density at radius 3 is 2.78 bits per heavy atom. The lowest BCUT2D eigenvalue weighted by Gasteiger charge is -1.96. The molecular formula is C6H9O3. The molecule has 0 N–H and O–H groups in total. The molecule has 0 heterocycles. The largest absolute Gasteiger partial charge is 0.464 e. The lowest BCUT2D eigenvalue weighted by molar-refractivity contribution is -0.148. The van der Waals surface area contributed by atoms with Gasteiger partial charge in [-0.3, -0.25) is 0 Å². The van der Waals surface area contributed by atoms with Crippen LogP contribution in [0.3, 0.4) is 0 Å². The first-order valence-electron chi connectivity index (χ1n) is 2.66. The molecule has 0 saturated carbocycles. The van der Waals surface area contributed by atoms with Crippen molar-refractivity contribution in [3.05, 3.63) is 12.7 Å². The molecule has 0 fully saturated rings. The van der Waals surface area contributed by atoms with E-state index in [0.717, 1.165) is 0 Å². The van der Waals surface area contributed by atoms with E-state index >= 15 is 0 Å². The molecule has 0 amide bonds. The number of hydrogen-bond donors (Lipinski definition) is 0. The Labute approximate surface area is 53.9 Å². The van der Waals surface area contributed by atoms with Crippen LogP contribution < -0.4 is 0 Å². The Hall–Kier alpha value is -0.830. The Bertz CT molecular complexity index is 98.5. The Morgan fingerprint density at radius 1 is 1.67 bits per heavy atom. The van der Waals surface area contributed by atoms with Crippen LogP contribution in [0.15, 0.2) is 12.7 Å². The zero-order valence-corrected chi connectivity index (χ0v) is 5.13. The number of esters is 1. The summed E-state index contributed by atoms with van der Waals surface area (Å²) in [5, 5.41) is 9.72. The summed E-state index contributed by atoms with van der Waals surface area (Å²) in [6, 6.07) is 0. The minimum Gasteiger partial charge on any atom is -0.464 e. The second kappa shape index (κ2) is 5.31. The predicted molar refractivity (Wildman–Crippen MR) is 31.3 cm³/mol. The first-order chi connectivity index (χ1) is 4.31. The van der Waals surface area contributed by atoms with E-state index in [4.69, 9.17) is 0 Å². The van der Waals surface area contributed by atoms with Gasteiger partial charge in [0.05, 0.1) is 6.61 Å². The smallest absolute Gasteiger partial charge is 0.335 e. The lowest BCUT2D eigenvalue weighted by Crippen LogP contribution is -2.08. The molecule has 0 aliphatic carbocycles. The fourth-order valence-electron chi connectivity index (χ4n) is 0.298. The summed E-state index contributed by atoms with van der Waals surface area (Å²) in [7, 11) is 0. The van der Waals surface area contributed by atoms with Crippen molar-refractivity contribution >= 4 is 5.97 Å². The van der Waals surface area contributed by atoms with Gasteiger partial charge in [0.25, 0.3) is 0 Å². The molecule has 3 nitrogen and oxygen atoms in total. The van der Waals surface area contributed by atoms with Crippen molar-refractivity contribution < 1.29 is 14.6 Å². The van der Waals surface area contributed by atoms with Gasteiger partial charge >= 0.3 is 5.97 Å². The van der Waals surface area contributed by atoms with Gasteiger partial charge in [-0.05, 0) is 6.42 Å². The van der Waals surface area contributed by atoms with Gasteiger partial charge in [0.15, 0.2) is 6.61 Å². The molecular weight excluding hydrogens is 120 g/mol. The Kier molecular flexibility index (Phi) is 4.82. The highest BCUT2D eigenvalue weighted by atomic mass is 16.5. The Balaban J connectivity index is 3.06. The maximum Gasteiger partial charge on any atom is 0.335 e. The SMILES string of the molecule is C=CCCOC(=O)C[O]. The van der Waals surface area contributed by atoms with E-state index in [1.807, 2.05) is 0 Å². The van der Waals surface area contributed by atoms with Crippen molar-refractivity contribution in [1.29, 1.82) is 0 Å². The normalized spacial score (nSPS) is 8.56. The molecule has 1 radical (unpaired) electrons. The molecule has 3 heteroatoms. The molecule has 0 aromatic heterocycles. The second-order valence-electron chi connectivity index (χ2n) is 1.44. The third kappa shape index (κ3) is 5.03. The summed E-state index contributed by atoms with van der Waals surface area (Å²) in [5.74, 6) is -0.697. The average molecular weight is 129 g/mol. The summed E-state index contributed by atoms with van der Waals surface area (Å²) in [4.78, 5) is 10.1. The third-order valence-electron chi connectivity index (χ3n) is 0.703. The second-order valence-corrected chi connectivity index (χ2v) is 1.44. The van der Waals surface area contributed by atoms with Crippen LogP contribution in [0.2, 0.25) is 0 Å². The van der Waals surface area contributed by atoms with Crippen LogP contribution in [0, 0.1) is 0 Å². The number of hydrogen-bond acceptors (Lipinski definition) is 2. The zero-order chi connectivity index (χ0) is 7.11. The molecule has 0 atom stereocenters. The number of ether oxygens (including phenoxy) is 1. The molecule has 0 spiro atoms. The van der Waals surface area contributed by atoms with Crippen LogP contribution in [0.5, 0.6) is 0 Å². The fraction of sp³-hybridized carbons (Fsp3) is 0.500. The molecule has 51 valence electrons. The van der Waals surface area contributed by atoms with Crippen LogP contribution in [0.25, 0.3) is 0 Å². The highest BCUT2D eigenvalue weighted by Crippen LogP contribution is 1.82. The monoisotopic (exact) mass is 129 g/mol. The molecule has 0 aromatic carbocycles. The molecule has 0 bridgehead atoms. The molecule has 0 unspecified atom stereocenters. The van der Waals surface area contributed by atoms with Crippen molar-refractivity contribution in [1.82, 2.24) is 0 Å². The maximum atomic E-state index is 10.1. The lowest BCUT2D eigenvalue weighted by atomic mass is 10.5. The summed E-state index contributed by atoms with van der Waals surface area (Å²) < 4.78 is 4.41. The standard InChI is InChI=1S/C6H9O3/c1-2-3-4-9-6(8)5-7/h2H,1,3-5H2. The van der Waals surface area contributed by atoms with E-state index in [-0.39, 0.29) is 6.61 Å².